The predicted octanol–water partition coefficient (Wildman–Crippen LogP) is 0.750. The Morgan fingerprint density at radius 1 is 0.974 bits per heavy atom. The van der Waals surface area contributed by atoms with E-state index < -0.39 is 58.8 Å². The van der Waals surface area contributed by atoms with Crippen LogP contribution in [0.3, 0.4) is 0 Å². The van der Waals surface area contributed by atoms with E-state index in [-0.39, 0.29) is 36.8 Å². The molecule has 5 fully saturated rings. The van der Waals surface area contributed by atoms with Gasteiger partial charge in [-0.1, -0.05) is 6.92 Å². The fraction of sp³-hybridized carbons (Fsp3) is 0.862. The van der Waals surface area contributed by atoms with Gasteiger partial charge in [0.05, 0.1) is 28.8 Å². The summed E-state index contributed by atoms with van der Waals surface area (Å²) in [5.74, 6) is -0.616. The van der Waals surface area contributed by atoms with E-state index in [1.54, 1.807) is 13.0 Å². The Hall–Kier alpha value is -1.40. The average molecular weight is 551 g/mol. The third-order valence-electron chi connectivity index (χ3n) is 12.0. The Kier molecular flexibility index (Phi) is 6.62. The molecule has 4 saturated carbocycles. The minimum absolute atomic E-state index is 0.0465. The molecule has 0 spiro atoms. The van der Waals surface area contributed by atoms with Gasteiger partial charge in [0.1, 0.15) is 31.2 Å². The molecule has 0 amide bonds. The Morgan fingerprint density at radius 3 is 2.41 bits per heavy atom. The number of carbonyl (C=O) groups is 2. The Morgan fingerprint density at radius 2 is 1.72 bits per heavy atom. The van der Waals surface area contributed by atoms with Crippen molar-refractivity contribution in [1.82, 2.24) is 0 Å². The highest BCUT2D eigenvalue weighted by Gasteiger charge is 2.71. The van der Waals surface area contributed by atoms with Crippen molar-refractivity contribution in [3.63, 3.8) is 0 Å². The SMILES string of the molecule is C[C@@H]1O[C@H](O[C@H]2CC[C@]3(C=O)[C@H]4CC[C@]5(C)[C@@H](C6=CC(=O)OC6)CC[C@]5(O)[C@H]4CC[C@]3(O)C2)[C@H](O)[C@H](O)[C@H]1O. The van der Waals surface area contributed by atoms with E-state index in [0.29, 0.717) is 44.9 Å². The lowest BCUT2D eigenvalue weighted by Crippen LogP contribution is -2.69. The number of aliphatic hydroxyl groups is 5. The summed E-state index contributed by atoms with van der Waals surface area (Å²) in [6.07, 6.45) is 0.689. The smallest absolute Gasteiger partial charge is 0.331 e. The van der Waals surface area contributed by atoms with E-state index in [9.17, 15) is 35.1 Å². The molecule has 13 atom stereocenters. The summed E-state index contributed by atoms with van der Waals surface area (Å²) >= 11 is 0. The maximum Gasteiger partial charge on any atom is 0.331 e. The zero-order chi connectivity index (χ0) is 28.0. The number of rotatable bonds is 4. The first-order valence-electron chi connectivity index (χ1n) is 14.5. The monoisotopic (exact) mass is 550 g/mol. The van der Waals surface area contributed by atoms with E-state index in [4.69, 9.17) is 14.2 Å². The summed E-state index contributed by atoms with van der Waals surface area (Å²) in [6.45, 7) is 3.98. The predicted molar refractivity (Wildman–Crippen MR) is 135 cm³/mol. The van der Waals surface area contributed by atoms with Crippen LogP contribution >= 0.6 is 0 Å². The van der Waals surface area contributed by atoms with E-state index in [2.05, 4.69) is 6.92 Å². The fourth-order valence-corrected chi connectivity index (χ4v) is 9.75. The number of fused-ring (bicyclic) bond motifs is 5. The van der Waals surface area contributed by atoms with Gasteiger partial charge in [0.2, 0.25) is 0 Å². The lowest BCUT2D eigenvalue weighted by atomic mass is 9.41. The lowest BCUT2D eigenvalue weighted by molar-refractivity contribution is -0.317. The molecule has 0 aromatic rings. The Bertz CT molecular complexity index is 1050. The number of hydrogen-bond donors (Lipinski definition) is 5. The van der Waals surface area contributed by atoms with Gasteiger partial charge in [-0.05, 0) is 81.6 Å². The maximum atomic E-state index is 13.0. The van der Waals surface area contributed by atoms with Crippen LogP contribution in [0.2, 0.25) is 0 Å². The van der Waals surface area contributed by atoms with Crippen LogP contribution in [0, 0.1) is 28.6 Å². The van der Waals surface area contributed by atoms with Crippen LogP contribution in [0.5, 0.6) is 0 Å². The van der Waals surface area contributed by atoms with Crippen molar-refractivity contribution >= 4 is 12.3 Å². The van der Waals surface area contributed by atoms with Crippen LogP contribution in [0.1, 0.15) is 71.6 Å². The van der Waals surface area contributed by atoms with Gasteiger partial charge in [0.15, 0.2) is 6.29 Å². The summed E-state index contributed by atoms with van der Waals surface area (Å²) in [5, 5.41) is 55.0. The molecular formula is C29H42O10. The zero-order valence-corrected chi connectivity index (χ0v) is 22.7. The molecule has 10 heteroatoms. The van der Waals surface area contributed by atoms with Crippen LogP contribution in [0.4, 0.5) is 0 Å². The summed E-state index contributed by atoms with van der Waals surface area (Å²) in [4.78, 5) is 24.8. The third-order valence-corrected chi connectivity index (χ3v) is 12.0. The molecule has 0 radical (unpaired) electrons. The zero-order valence-electron chi connectivity index (χ0n) is 22.7. The highest BCUT2D eigenvalue weighted by molar-refractivity contribution is 5.85. The summed E-state index contributed by atoms with van der Waals surface area (Å²) in [5.41, 5.74) is -2.86. The highest BCUT2D eigenvalue weighted by Crippen LogP contribution is 2.70. The van der Waals surface area contributed by atoms with Crippen molar-refractivity contribution in [1.29, 1.82) is 0 Å². The second-order valence-corrected chi connectivity index (χ2v) is 13.4. The first-order chi connectivity index (χ1) is 18.4. The van der Waals surface area contributed by atoms with Gasteiger partial charge >= 0.3 is 5.97 Å². The highest BCUT2D eigenvalue weighted by atomic mass is 16.7. The number of carbonyl (C=O) groups excluding carboxylic acids is 2. The first kappa shape index (κ1) is 27.8. The minimum Gasteiger partial charge on any atom is -0.458 e. The van der Waals surface area contributed by atoms with Crippen molar-refractivity contribution < 1.29 is 49.3 Å². The van der Waals surface area contributed by atoms with Gasteiger partial charge in [0, 0.05) is 17.9 Å². The second-order valence-electron chi connectivity index (χ2n) is 13.4. The number of ether oxygens (including phenoxy) is 3. The molecule has 0 unspecified atom stereocenters. The van der Waals surface area contributed by atoms with Crippen molar-refractivity contribution in [3.05, 3.63) is 11.6 Å². The molecule has 5 N–H and O–H groups in total. The molecule has 0 bridgehead atoms. The maximum absolute atomic E-state index is 13.0. The molecule has 2 aliphatic heterocycles. The molecular weight excluding hydrogens is 508 g/mol. The number of aliphatic hydroxyl groups excluding tert-OH is 3. The van der Waals surface area contributed by atoms with Gasteiger partial charge in [0.25, 0.3) is 0 Å². The molecule has 6 aliphatic rings. The van der Waals surface area contributed by atoms with Crippen molar-refractivity contribution in [2.45, 2.75) is 120 Å². The summed E-state index contributed by atoms with van der Waals surface area (Å²) in [7, 11) is 0. The summed E-state index contributed by atoms with van der Waals surface area (Å²) < 4.78 is 16.9. The van der Waals surface area contributed by atoms with Crippen molar-refractivity contribution in [3.8, 4) is 0 Å². The van der Waals surface area contributed by atoms with Gasteiger partial charge in [-0.15, -0.1) is 0 Å². The van der Waals surface area contributed by atoms with Crippen LogP contribution < -0.4 is 0 Å². The minimum atomic E-state index is -1.43. The van der Waals surface area contributed by atoms with Crippen LogP contribution in [-0.2, 0) is 23.8 Å². The van der Waals surface area contributed by atoms with Gasteiger partial charge in [-0.2, -0.15) is 0 Å². The van der Waals surface area contributed by atoms with E-state index >= 15 is 0 Å². The van der Waals surface area contributed by atoms with Crippen LogP contribution in [0.25, 0.3) is 0 Å². The standard InChI is InChI=1S/C29H42O10/c1-15-22(32)23(33)24(34)25(38-15)39-17-3-8-27(14-30)19-4-7-26(2)18(16-11-21(31)37-13-16)6-10-29(26,36)20(19)5-9-28(27,35)12-17/h11,14-15,17-20,22-25,32-36H,3-10,12-13H2,1-2H3/t15-,17-,18+,19-,20-,22-,23+,24+,25+,26+,27-,28-,29-/m0/s1. The van der Waals surface area contributed by atoms with E-state index in [1.165, 1.54) is 0 Å². The molecule has 218 valence electrons. The van der Waals surface area contributed by atoms with Gasteiger partial charge in [-0.3, -0.25) is 0 Å². The Balaban J connectivity index is 1.22. The number of esters is 1. The van der Waals surface area contributed by atoms with Crippen LogP contribution in [-0.4, -0.2) is 92.4 Å². The van der Waals surface area contributed by atoms with E-state index in [0.717, 1.165) is 18.3 Å². The lowest BCUT2D eigenvalue weighted by Gasteiger charge is -2.65. The molecule has 39 heavy (non-hydrogen) atoms. The molecule has 4 aliphatic carbocycles. The fourth-order valence-electron chi connectivity index (χ4n) is 9.75. The van der Waals surface area contributed by atoms with Gasteiger partial charge in [-0.25, -0.2) is 4.79 Å². The number of aldehydes is 1. The molecule has 2 heterocycles. The van der Waals surface area contributed by atoms with Crippen molar-refractivity contribution in [2.75, 3.05) is 6.61 Å². The van der Waals surface area contributed by atoms with Crippen molar-refractivity contribution in [2.24, 2.45) is 28.6 Å². The molecule has 0 aromatic heterocycles. The van der Waals surface area contributed by atoms with E-state index in [1.807, 2.05) is 0 Å². The number of hydrogen-bond acceptors (Lipinski definition) is 10. The molecule has 10 nitrogen and oxygen atoms in total. The molecule has 1 saturated heterocycles. The normalized spacial score (nSPS) is 55.2. The second kappa shape index (κ2) is 9.31. The van der Waals surface area contributed by atoms with Crippen LogP contribution in [0.15, 0.2) is 11.6 Å². The molecule has 6 rings (SSSR count). The van der Waals surface area contributed by atoms with Gasteiger partial charge < -0.3 is 44.5 Å². The quantitative estimate of drug-likeness (QED) is 0.192. The topological polar surface area (TPSA) is 163 Å². The first-order valence-corrected chi connectivity index (χ1v) is 14.5. The largest absolute Gasteiger partial charge is 0.458 e. The Labute approximate surface area is 228 Å². The average Bonchev–Trinajstić information content (AvgIpc) is 3.45. The number of cyclic esters (lactones) is 1. The third kappa shape index (κ3) is 3.78. The molecule has 0 aromatic carbocycles. The summed E-state index contributed by atoms with van der Waals surface area (Å²) in [6, 6.07) is 0.